The van der Waals surface area contributed by atoms with Crippen LogP contribution in [0.4, 0.5) is 0 Å². The van der Waals surface area contributed by atoms with Crippen molar-refractivity contribution in [3.05, 3.63) is 60.2 Å². The second kappa shape index (κ2) is 7.38. The molecule has 0 amide bonds. The van der Waals surface area contributed by atoms with Gasteiger partial charge in [0.1, 0.15) is 0 Å². The van der Waals surface area contributed by atoms with Crippen molar-refractivity contribution < 1.29 is 9.47 Å². The molecule has 1 aliphatic heterocycles. The Morgan fingerprint density at radius 3 is 3.00 bits per heavy atom. The highest BCUT2D eigenvalue weighted by Crippen LogP contribution is 2.33. The number of ether oxygens (including phenoxy) is 2. The first kappa shape index (κ1) is 15.7. The fourth-order valence-electron chi connectivity index (χ4n) is 3.77. The van der Waals surface area contributed by atoms with Crippen molar-refractivity contribution in [3.63, 3.8) is 0 Å². The van der Waals surface area contributed by atoms with E-state index in [0.717, 1.165) is 38.2 Å². The average Bonchev–Trinajstić information content (AvgIpc) is 3.06. The van der Waals surface area contributed by atoms with Gasteiger partial charge in [-0.1, -0.05) is 12.1 Å². The summed E-state index contributed by atoms with van der Waals surface area (Å²) in [5.41, 5.74) is 2.24. The van der Waals surface area contributed by atoms with E-state index < -0.39 is 0 Å². The molecular weight excluding hydrogens is 302 g/mol. The Morgan fingerprint density at radius 1 is 1.17 bits per heavy atom. The quantitative estimate of drug-likeness (QED) is 0.845. The van der Waals surface area contributed by atoms with Crippen LogP contribution in [0.15, 0.2) is 48.9 Å². The lowest BCUT2D eigenvalue weighted by atomic mass is 10.1. The van der Waals surface area contributed by atoms with E-state index in [-0.39, 0.29) is 12.2 Å². The fraction of sp³-hybridized carbons (Fsp3) is 0.474. The predicted molar refractivity (Wildman–Crippen MR) is 90.2 cm³/mol. The van der Waals surface area contributed by atoms with Gasteiger partial charge in [-0.05, 0) is 36.6 Å². The molecular formula is C19H23N3O2. The molecule has 0 N–H and O–H groups in total. The first-order chi connectivity index (χ1) is 11.9. The lowest BCUT2D eigenvalue weighted by Gasteiger charge is -2.39. The van der Waals surface area contributed by atoms with Gasteiger partial charge in [0.2, 0.25) is 0 Å². The van der Waals surface area contributed by atoms with E-state index in [1.165, 1.54) is 5.56 Å². The molecule has 4 rings (SSSR count). The van der Waals surface area contributed by atoms with Gasteiger partial charge in [0.25, 0.3) is 0 Å². The molecule has 126 valence electrons. The van der Waals surface area contributed by atoms with Gasteiger partial charge in [0.15, 0.2) is 0 Å². The maximum absolute atomic E-state index is 6.13. The fourth-order valence-corrected chi connectivity index (χ4v) is 3.77. The highest BCUT2D eigenvalue weighted by Gasteiger charge is 2.43. The van der Waals surface area contributed by atoms with Crippen molar-refractivity contribution in [1.29, 1.82) is 0 Å². The molecule has 0 bridgehead atoms. The lowest BCUT2D eigenvalue weighted by molar-refractivity contribution is -0.119. The van der Waals surface area contributed by atoms with Gasteiger partial charge in [-0.2, -0.15) is 0 Å². The van der Waals surface area contributed by atoms with Crippen LogP contribution in [0.3, 0.4) is 0 Å². The van der Waals surface area contributed by atoms with Crippen molar-refractivity contribution in [2.24, 2.45) is 0 Å². The van der Waals surface area contributed by atoms with E-state index in [4.69, 9.17) is 9.47 Å². The summed E-state index contributed by atoms with van der Waals surface area (Å²) in [5.74, 6) is 0. The molecule has 1 aliphatic carbocycles. The number of fused-ring (bicyclic) bond motifs is 1. The van der Waals surface area contributed by atoms with Gasteiger partial charge in [-0.25, -0.2) is 0 Å². The van der Waals surface area contributed by atoms with Gasteiger partial charge in [-0.15, -0.1) is 0 Å². The average molecular weight is 325 g/mol. The Balaban J connectivity index is 1.37. The molecule has 0 spiro atoms. The summed E-state index contributed by atoms with van der Waals surface area (Å²) in [6.07, 6.45) is 8.08. The summed E-state index contributed by atoms with van der Waals surface area (Å²) in [6.45, 7) is 3.24. The topological polar surface area (TPSA) is 47.5 Å². The van der Waals surface area contributed by atoms with Crippen molar-refractivity contribution >= 4 is 0 Å². The summed E-state index contributed by atoms with van der Waals surface area (Å²) < 4.78 is 12.2. The van der Waals surface area contributed by atoms with Crippen LogP contribution in [0.25, 0.3) is 0 Å². The van der Waals surface area contributed by atoms with Crippen molar-refractivity contribution in [2.45, 2.75) is 44.2 Å². The Labute approximate surface area is 142 Å². The minimum Gasteiger partial charge on any atom is -0.373 e. The largest absolute Gasteiger partial charge is 0.373 e. The Kier molecular flexibility index (Phi) is 4.83. The summed E-state index contributed by atoms with van der Waals surface area (Å²) >= 11 is 0. The van der Waals surface area contributed by atoms with Crippen LogP contribution < -0.4 is 0 Å². The molecule has 2 aliphatic rings. The molecule has 2 aromatic rings. The van der Waals surface area contributed by atoms with Crippen LogP contribution >= 0.6 is 0 Å². The maximum atomic E-state index is 6.13. The summed E-state index contributed by atoms with van der Waals surface area (Å²) in [6, 6.07) is 10.5. The highest BCUT2D eigenvalue weighted by molar-refractivity contribution is 5.10. The summed E-state index contributed by atoms with van der Waals surface area (Å²) in [5, 5.41) is 0. The number of rotatable bonds is 5. The van der Waals surface area contributed by atoms with E-state index in [9.17, 15) is 0 Å². The molecule has 5 nitrogen and oxygen atoms in total. The standard InChI is InChI=1S/C19H23N3O2/c1-2-9-21-16(5-1)14-24-18-7-6-17-19(18)23-11-10-22(17)13-15-4-3-8-20-12-15/h1-5,8-9,12,17-19H,6-7,10-11,13-14H2/t17-,18+,19+/m0/s1. The zero-order valence-corrected chi connectivity index (χ0v) is 13.8. The molecule has 3 heterocycles. The zero-order chi connectivity index (χ0) is 16.2. The van der Waals surface area contributed by atoms with Crippen LogP contribution in [0, 0.1) is 0 Å². The van der Waals surface area contributed by atoms with Crippen LogP contribution in [0.1, 0.15) is 24.1 Å². The van der Waals surface area contributed by atoms with E-state index in [1.54, 1.807) is 0 Å². The second-order valence-corrected chi connectivity index (χ2v) is 6.48. The molecule has 24 heavy (non-hydrogen) atoms. The number of nitrogens with zero attached hydrogens (tertiary/aromatic N) is 3. The van der Waals surface area contributed by atoms with Crippen molar-refractivity contribution in [1.82, 2.24) is 14.9 Å². The third-order valence-corrected chi connectivity index (χ3v) is 4.93. The van der Waals surface area contributed by atoms with Crippen molar-refractivity contribution in [3.8, 4) is 0 Å². The highest BCUT2D eigenvalue weighted by atomic mass is 16.5. The first-order valence-electron chi connectivity index (χ1n) is 8.66. The van der Waals surface area contributed by atoms with Crippen LogP contribution in [0.5, 0.6) is 0 Å². The number of hydrogen-bond acceptors (Lipinski definition) is 5. The molecule has 0 radical (unpaired) electrons. The van der Waals surface area contributed by atoms with Crippen LogP contribution in [-0.2, 0) is 22.6 Å². The van der Waals surface area contributed by atoms with Gasteiger partial charge in [0.05, 0.1) is 31.1 Å². The SMILES string of the molecule is c1ccc(CO[C@@H]2CC[C@H]3[C@H]2OCCN3Cc2cccnc2)nc1. The normalized spacial score (nSPS) is 27.1. The Morgan fingerprint density at radius 2 is 2.17 bits per heavy atom. The second-order valence-electron chi connectivity index (χ2n) is 6.48. The lowest BCUT2D eigenvalue weighted by Crippen LogP contribution is -2.51. The minimum absolute atomic E-state index is 0.161. The van der Waals surface area contributed by atoms with Crippen molar-refractivity contribution in [2.75, 3.05) is 13.2 Å². The van der Waals surface area contributed by atoms with E-state index in [0.29, 0.717) is 12.6 Å². The molecule has 2 fully saturated rings. The van der Waals surface area contributed by atoms with Gasteiger partial charge >= 0.3 is 0 Å². The smallest absolute Gasteiger partial charge is 0.0992 e. The molecule has 0 aromatic carbocycles. The number of aromatic nitrogens is 2. The van der Waals surface area contributed by atoms with Gasteiger partial charge in [-0.3, -0.25) is 14.9 Å². The molecule has 5 heteroatoms. The van der Waals surface area contributed by atoms with Gasteiger partial charge in [0, 0.05) is 37.7 Å². The minimum atomic E-state index is 0.161. The van der Waals surface area contributed by atoms with Crippen LogP contribution in [0.2, 0.25) is 0 Å². The number of pyridine rings is 2. The molecule has 1 saturated carbocycles. The first-order valence-corrected chi connectivity index (χ1v) is 8.66. The number of hydrogen-bond donors (Lipinski definition) is 0. The predicted octanol–water partition coefficient (Wildman–Crippen LogP) is 2.43. The third-order valence-electron chi connectivity index (χ3n) is 4.93. The number of morpholine rings is 1. The Bertz CT molecular complexity index is 638. The maximum Gasteiger partial charge on any atom is 0.0992 e. The molecule has 1 saturated heterocycles. The molecule has 3 atom stereocenters. The van der Waals surface area contributed by atoms with E-state index >= 15 is 0 Å². The summed E-state index contributed by atoms with van der Waals surface area (Å²) in [4.78, 5) is 11.1. The summed E-state index contributed by atoms with van der Waals surface area (Å²) in [7, 11) is 0. The van der Waals surface area contributed by atoms with Crippen LogP contribution in [-0.4, -0.2) is 46.3 Å². The Hall–Kier alpha value is -1.82. The monoisotopic (exact) mass is 325 g/mol. The van der Waals surface area contributed by atoms with Gasteiger partial charge < -0.3 is 9.47 Å². The third kappa shape index (κ3) is 3.48. The van der Waals surface area contributed by atoms with E-state index in [1.807, 2.05) is 42.9 Å². The molecule has 2 aromatic heterocycles. The van der Waals surface area contributed by atoms with E-state index in [2.05, 4.69) is 20.9 Å². The zero-order valence-electron chi connectivity index (χ0n) is 13.8. The molecule has 0 unspecified atom stereocenters.